The summed E-state index contributed by atoms with van der Waals surface area (Å²) in [5.74, 6) is 0.225. The molecule has 0 bridgehead atoms. The van der Waals surface area contributed by atoms with E-state index >= 15 is 0 Å². The highest BCUT2D eigenvalue weighted by Gasteiger charge is 2.16. The van der Waals surface area contributed by atoms with Crippen LogP contribution in [-0.2, 0) is 4.79 Å². The Balaban J connectivity index is 1.65. The van der Waals surface area contributed by atoms with Crippen molar-refractivity contribution in [2.45, 2.75) is 0 Å². The molecular weight excluding hydrogens is 418 g/mol. The van der Waals surface area contributed by atoms with Gasteiger partial charge in [-0.1, -0.05) is 30.3 Å². The molecule has 0 saturated carbocycles. The molecule has 1 aromatic heterocycles. The molecule has 2 amide bonds. The van der Waals surface area contributed by atoms with Gasteiger partial charge in [-0.05, 0) is 59.5 Å². The van der Waals surface area contributed by atoms with Gasteiger partial charge in [0.25, 0.3) is 11.8 Å². The molecule has 4 rings (SSSR count). The Morgan fingerprint density at radius 2 is 1.67 bits per heavy atom. The van der Waals surface area contributed by atoms with Crippen molar-refractivity contribution in [1.29, 1.82) is 0 Å². The second-order valence-electron chi connectivity index (χ2n) is 7.23. The predicted molar refractivity (Wildman–Crippen MR) is 128 cm³/mol. The van der Waals surface area contributed by atoms with Crippen LogP contribution in [0.4, 0.5) is 5.69 Å². The van der Waals surface area contributed by atoms with E-state index in [1.807, 2.05) is 30.5 Å². The van der Waals surface area contributed by atoms with Crippen molar-refractivity contribution in [2.75, 3.05) is 19.5 Å². The number of hydrogen-bond donors (Lipinski definition) is 3. The van der Waals surface area contributed by atoms with Crippen molar-refractivity contribution >= 4 is 34.5 Å². The third-order valence-corrected chi connectivity index (χ3v) is 5.06. The summed E-state index contributed by atoms with van der Waals surface area (Å²) < 4.78 is 10.6. The first-order valence-corrected chi connectivity index (χ1v) is 10.3. The van der Waals surface area contributed by atoms with Crippen LogP contribution < -0.4 is 20.1 Å². The van der Waals surface area contributed by atoms with Gasteiger partial charge in [0.2, 0.25) is 0 Å². The van der Waals surface area contributed by atoms with E-state index in [1.54, 1.807) is 61.7 Å². The molecule has 33 heavy (non-hydrogen) atoms. The van der Waals surface area contributed by atoms with E-state index in [4.69, 9.17) is 9.47 Å². The molecule has 0 saturated heterocycles. The van der Waals surface area contributed by atoms with Gasteiger partial charge in [0.1, 0.15) is 5.70 Å². The number of rotatable bonds is 7. The van der Waals surface area contributed by atoms with Crippen LogP contribution in [0.3, 0.4) is 0 Å². The lowest BCUT2D eigenvalue weighted by Gasteiger charge is -2.12. The lowest BCUT2D eigenvalue weighted by molar-refractivity contribution is -0.113. The van der Waals surface area contributed by atoms with Gasteiger partial charge in [-0.25, -0.2) is 0 Å². The number of nitrogens with one attached hydrogen (secondary N) is 3. The summed E-state index contributed by atoms with van der Waals surface area (Å²) in [6.07, 6.45) is 3.42. The molecule has 0 atom stereocenters. The molecule has 0 aliphatic heterocycles. The number of anilines is 1. The Bertz CT molecular complexity index is 1330. The number of carbonyl (C=O) groups is 2. The first kappa shape index (κ1) is 21.7. The van der Waals surface area contributed by atoms with Gasteiger partial charge in [-0.3, -0.25) is 9.59 Å². The molecule has 7 nitrogen and oxygen atoms in total. The first-order valence-electron chi connectivity index (χ1n) is 10.3. The fourth-order valence-corrected chi connectivity index (χ4v) is 3.38. The summed E-state index contributed by atoms with van der Waals surface area (Å²) in [6, 6.07) is 21.4. The third-order valence-electron chi connectivity index (χ3n) is 5.06. The molecule has 0 aliphatic rings. The smallest absolute Gasteiger partial charge is 0.272 e. The minimum Gasteiger partial charge on any atom is -0.493 e. The van der Waals surface area contributed by atoms with E-state index in [0.717, 1.165) is 10.9 Å². The molecule has 166 valence electrons. The van der Waals surface area contributed by atoms with Crippen molar-refractivity contribution in [3.63, 3.8) is 0 Å². The Morgan fingerprint density at radius 3 is 2.42 bits per heavy atom. The second-order valence-corrected chi connectivity index (χ2v) is 7.23. The number of aromatic amines is 1. The monoisotopic (exact) mass is 441 g/mol. The van der Waals surface area contributed by atoms with Gasteiger partial charge in [0.05, 0.1) is 14.2 Å². The van der Waals surface area contributed by atoms with E-state index in [-0.39, 0.29) is 5.70 Å². The summed E-state index contributed by atoms with van der Waals surface area (Å²) in [5, 5.41) is 6.62. The lowest BCUT2D eigenvalue weighted by Crippen LogP contribution is -2.30. The standard InChI is InChI=1S/C26H23N3O4/c1-32-23-11-8-17(15-24(23)33-2)14-22(29-25(30)19-6-4-3-5-7-19)26(31)28-20-10-9-18-12-13-27-21(18)16-20/h3-16,27H,1-2H3,(H,28,31)(H,29,30)/b22-14+. The molecule has 4 aromatic rings. The average molecular weight is 441 g/mol. The van der Waals surface area contributed by atoms with Gasteiger partial charge >= 0.3 is 0 Å². The molecule has 0 aliphatic carbocycles. The molecular formula is C26H23N3O4. The number of amides is 2. The first-order chi connectivity index (χ1) is 16.1. The molecule has 0 fully saturated rings. The maximum absolute atomic E-state index is 13.2. The highest BCUT2D eigenvalue weighted by atomic mass is 16.5. The largest absolute Gasteiger partial charge is 0.493 e. The van der Waals surface area contributed by atoms with Gasteiger partial charge in [-0.15, -0.1) is 0 Å². The van der Waals surface area contributed by atoms with Crippen LogP contribution in [0.2, 0.25) is 0 Å². The molecule has 0 radical (unpaired) electrons. The number of carbonyl (C=O) groups excluding carboxylic acids is 2. The SMILES string of the molecule is COc1ccc(/C=C(/NC(=O)c2ccccc2)C(=O)Nc2ccc3cc[nH]c3c2)cc1OC. The summed E-state index contributed by atoms with van der Waals surface area (Å²) in [7, 11) is 3.08. The molecule has 0 spiro atoms. The number of methoxy groups -OCH3 is 2. The number of aromatic nitrogens is 1. The molecule has 0 unspecified atom stereocenters. The summed E-state index contributed by atoms with van der Waals surface area (Å²) in [4.78, 5) is 29.1. The maximum atomic E-state index is 13.2. The van der Waals surface area contributed by atoms with Crippen LogP contribution >= 0.6 is 0 Å². The van der Waals surface area contributed by atoms with Crippen molar-refractivity contribution in [2.24, 2.45) is 0 Å². The Hall–Kier alpha value is -4.52. The fraction of sp³-hybridized carbons (Fsp3) is 0.0769. The quantitative estimate of drug-likeness (QED) is 0.366. The number of ether oxygens (including phenoxy) is 2. The van der Waals surface area contributed by atoms with Crippen molar-refractivity contribution < 1.29 is 19.1 Å². The van der Waals surface area contributed by atoms with Gasteiger partial charge < -0.3 is 25.1 Å². The van der Waals surface area contributed by atoms with Crippen LogP contribution in [0.15, 0.2) is 84.7 Å². The molecule has 1 heterocycles. The highest BCUT2D eigenvalue weighted by molar-refractivity contribution is 6.11. The Kier molecular flexibility index (Phi) is 6.40. The number of hydrogen-bond acceptors (Lipinski definition) is 4. The minimum atomic E-state index is -0.458. The van der Waals surface area contributed by atoms with Crippen molar-refractivity contribution in [1.82, 2.24) is 10.3 Å². The van der Waals surface area contributed by atoms with Gasteiger partial charge in [-0.2, -0.15) is 0 Å². The number of H-pyrrole nitrogens is 1. The minimum absolute atomic E-state index is 0.0858. The normalized spacial score (nSPS) is 11.2. The van der Waals surface area contributed by atoms with Crippen LogP contribution in [0.5, 0.6) is 11.5 Å². The number of fused-ring (bicyclic) bond motifs is 1. The Labute approximate surface area is 191 Å². The van der Waals surface area contributed by atoms with Crippen LogP contribution in [0.1, 0.15) is 15.9 Å². The summed E-state index contributed by atoms with van der Waals surface area (Å²) in [5.41, 5.74) is 2.68. The van der Waals surface area contributed by atoms with Gasteiger partial charge in [0, 0.05) is 23.0 Å². The Morgan fingerprint density at radius 1 is 0.879 bits per heavy atom. The average Bonchev–Trinajstić information content (AvgIpc) is 3.32. The van der Waals surface area contributed by atoms with E-state index in [1.165, 1.54) is 7.11 Å². The molecule has 7 heteroatoms. The van der Waals surface area contributed by atoms with Crippen LogP contribution in [0, 0.1) is 0 Å². The second kappa shape index (κ2) is 9.74. The van der Waals surface area contributed by atoms with Crippen LogP contribution in [0.25, 0.3) is 17.0 Å². The predicted octanol–water partition coefficient (Wildman–Crippen LogP) is 4.59. The highest BCUT2D eigenvalue weighted by Crippen LogP contribution is 2.28. The van der Waals surface area contributed by atoms with E-state index in [0.29, 0.717) is 28.3 Å². The van der Waals surface area contributed by atoms with E-state index in [9.17, 15) is 9.59 Å². The van der Waals surface area contributed by atoms with Crippen molar-refractivity contribution in [3.05, 3.63) is 95.8 Å². The van der Waals surface area contributed by atoms with Crippen LogP contribution in [-0.4, -0.2) is 31.0 Å². The zero-order chi connectivity index (χ0) is 23.2. The summed E-state index contributed by atoms with van der Waals surface area (Å²) in [6.45, 7) is 0. The number of benzene rings is 3. The summed E-state index contributed by atoms with van der Waals surface area (Å²) >= 11 is 0. The molecule has 3 aromatic carbocycles. The van der Waals surface area contributed by atoms with Crippen molar-refractivity contribution in [3.8, 4) is 11.5 Å². The van der Waals surface area contributed by atoms with E-state index in [2.05, 4.69) is 15.6 Å². The van der Waals surface area contributed by atoms with E-state index < -0.39 is 11.8 Å². The third kappa shape index (κ3) is 5.04. The topological polar surface area (TPSA) is 92.5 Å². The zero-order valence-electron chi connectivity index (χ0n) is 18.2. The lowest BCUT2D eigenvalue weighted by atomic mass is 10.1. The van der Waals surface area contributed by atoms with Gasteiger partial charge in [0.15, 0.2) is 11.5 Å². The zero-order valence-corrected chi connectivity index (χ0v) is 18.2. The molecule has 3 N–H and O–H groups in total. The maximum Gasteiger partial charge on any atom is 0.272 e. The fourth-order valence-electron chi connectivity index (χ4n) is 3.38.